The number of carbonyl (C=O) groups excluding carboxylic acids is 1. The predicted molar refractivity (Wildman–Crippen MR) is 108 cm³/mol. The number of carbonyl (C=O) groups is 1. The molecule has 0 aliphatic carbocycles. The van der Waals surface area contributed by atoms with E-state index in [0.29, 0.717) is 11.1 Å². The monoisotopic (exact) mass is 432 g/mol. The second-order valence-electron chi connectivity index (χ2n) is 6.76. The van der Waals surface area contributed by atoms with Gasteiger partial charge in [-0.2, -0.15) is 5.10 Å². The van der Waals surface area contributed by atoms with Crippen LogP contribution in [0.1, 0.15) is 18.1 Å². The summed E-state index contributed by atoms with van der Waals surface area (Å²) >= 11 is 5.84. The molecule has 2 unspecified atom stereocenters. The molecule has 2 N–H and O–H groups in total. The van der Waals surface area contributed by atoms with Crippen molar-refractivity contribution in [3.63, 3.8) is 0 Å². The van der Waals surface area contributed by atoms with Gasteiger partial charge in [-0.05, 0) is 36.8 Å². The van der Waals surface area contributed by atoms with Gasteiger partial charge in [-0.25, -0.2) is 18.4 Å². The number of nitrogens with zero attached hydrogens (tertiary/aromatic N) is 3. The van der Waals surface area contributed by atoms with Crippen LogP contribution in [-0.2, 0) is 16.9 Å². The quantitative estimate of drug-likeness (QED) is 0.561. The summed E-state index contributed by atoms with van der Waals surface area (Å²) in [4.78, 5) is 16.2. The number of amides is 1. The van der Waals surface area contributed by atoms with Crippen molar-refractivity contribution in [2.24, 2.45) is 0 Å². The molecule has 1 aromatic heterocycles. The van der Waals surface area contributed by atoms with Crippen molar-refractivity contribution in [1.29, 1.82) is 0 Å². The van der Waals surface area contributed by atoms with Gasteiger partial charge in [0.1, 0.15) is 29.9 Å². The SMILES string of the molecule is CC(NC(=O)C=Cc1ccc(Cl)cc1)C(O)(Cn1cncn1)c1ccc(F)cc1F. The van der Waals surface area contributed by atoms with Crippen molar-refractivity contribution >= 4 is 23.6 Å². The lowest BCUT2D eigenvalue weighted by atomic mass is 9.86. The van der Waals surface area contributed by atoms with Gasteiger partial charge in [0.25, 0.3) is 0 Å². The third-order valence-electron chi connectivity index (χ3n) is 4.64. The molecule has 2 aromatic carbocycles. The molecular formula is C21H19ClF2N4O2. The van der Waals surface area contributed by atoms with Crippen LogP contribution in [0.15, 0.2) is 61.2 Å². The number of nitrogens with one attached hydrogen (secondary N) is 1. The molecule has 156 valence electrons. The molecule has 0 fully saturated rings. The average molecular weight is 433 g/mol. The molecule has 9 heteroatoms. The van der Waals surface area contributed by atoms with Crippen molar-refractivity contribution in [2.75, 3.05) is 0 Å². The van der Waals surface area contributed by atoms with Crippen LogP contribution in [0.2, 0.25) is 5.02 Å². The predicted octanol–water partition coefficient (Wildman–Crippen LogP) is 3.32. The van der Waals surface area contributed by atoms with Gasteiger partial charge in [0.15, 0.2) is 0 Å². The zero-order valence-corrected chi connectivity index (χ0v) is 16.7. The summed E-state index contributed by atoms with van der Waals surface area (Å²) in [6.07, 6.45) is 5.48. The molecule has 0 aliphatic rings. The number of aliphatic hydroxyl groups is 1. The van der Waals surface area contributed by atoms with E-state index in [9.17, 15) is 18.7 Å². The fraction of sp³-hybridized carbons (Fsp3) is 0.190. The molecule has 30 heavy (non-hydrogen) atoms. The summed E-state index contributed by atoms with van der Waals surface area (Å²) in [6, 6.07) is 8.77. The fourth-order valence-electron chi connectivity index (χ4n) is 2.98. The Morgan fingerprint density at radius 3 is 2.67 bits per heavy atom. The molecule has 6 nitrogen and oxygen atoms in total. The zero-order valence-electron chi connectivity index (χ0n) is 16.0. The third-order valence-corrected chi connectivity index (χ3v) is 4.89. The van der Waals surface area contributed by atoms with Crippen LogP contribution in [0.4, 0.5) is 8.78 Å². The van der Waals surface area contributed by atoms with Crippen molar-refractivity contribution in [2.45, 2.75) is 25.1 Å². The maximum Gasteiger partial charge on any atom is 0.244 e. The summed E-state index contributed by atoms with van der Waals surface area (Å²) in [5, 5.41) is 18.5. The molecule has 1 amide bonds. The van der Waals surface area contributed by atoms with Gasteiger partial charge in [-0.3, -0.25) is 4.79 Å². The van der Waals surface area contributed by atoms with E-state index in [1.165, 1.54) is 30.3 Å². The first-order chi connectivity index (χ1) is 14.3. The fourth-order valence-corrected chi connectivity index (χ4v) is 3.11. The van der Waals surface area contributed by atoms with E-state index in [2.05, 4.69) is 15.4 Å². The minimum Gasteiger partial charge on any atom is -0.381 e. The molecule has 0 aliphatic heterocycles. The molecule has 3 aromatic rings. The zero-order chi connectivity index (χ0) is 21.7. The Kier molecular flexibility index (Phi) is 6.59. The first-order valence-electron chi connectivity index (χ1n) is 9.02. The highest BCUT2D eigenvalue weighted by atomic mass is 35.5. The topological polar surface area (TPSA) is 80.0 Å². The van der Waals surface area contributed by atoms with Crippen molar-refractivity contribution in [1.82, 2.24) is 20.1 Å². The van der Waals surface area contributed by atoms with Crippen LogP contribution in [0.5, 0.6) is 0 Å². The highest BCUT2D eigenvalue weighted by Crippen LogP contribution is 2.30. The van der Waals surface area contributed by atoms with Crippen LogP contribution in [-0.4, -0.2) is 31.8 Å². The lowest BCUT2D eigenvalue weighted by Gasteiger charge is -2.35. The normalized spacial score (nSPS) is 14.4. The van der Waals surface area contributed by atoms with Crippen LogP contribution >= 0.6 is 11.6 Å². The Morgan fingerprint density at radius 2 is 2.03 bits per heavy atom. The minimum atomic E-state index is -1.92. The van der Waals surface area contributed by atoms with Gasteiger partial charge in [-0.15, -0.1) is 0 Å². The highest BCUT2D eigenvalue weighted by molar-refractivity contribution is 6.30. The second kappa shape index (κ2) is 9.15. The number of hydrogen-bond acceptors (Lipinski definition) is 4. The van der Waals surface area contributed by atoms with Crippen LogP contribution in [0, 0.1) is 11.6 Å². The Morgan fingerprint density at radius 1 is 1.30 bits per heavy atom. The number of benzene rings is 2. The summed E-state index contributed by atoms with van der Waals surface area (Å²) in [6.45, 7) is 1.31. The van der Waals surface area contributed by atoms with E-state index >= 15 is 0 Å². The van der Waals surface area contributed by atoms with Crippen LogP contribution in [0.25, 0.3) is 6.08 Å². The molecule has 3 rings (SSSR count). The molecule has 0 spiro atoms. The van der Waals surface area contributed by atoms with E-state index in [1.54, 1.807) is 30.3 Å². The number of rotatable bonds is 7. The molecule has 1 heterocycles. The maximum atomic E-state index is 14.5. The van der Waals surface area contributed by atoms with Crippen molar-refractivity contribution in [3.8, 4) is 0 Å². The maximum absolute atomic E-state index is 14.5. The van der Waals surface area contributed by atoms with Crippen LogP contribution < -0.4 is 5.32 Å². The Labute approximate surface area is 176 Å². The van der Waals surface area contributed by atoms with E-state index < -0.39 is 29.2 Å². The molecule has 0 radical (unpaired) electrons. The summed E-state index contributed by atoms with van der Waals surface area (Å²) in [5.41, 5.74) is -1.34. The van der Waals surface area contributed by atoms with E-state index in [0.717, 1.165) is 17.7 Å². The Hall–Kier alpha value is -3.10. The summed E-state index contributed by atoms with van der Waals surface area (Å²) in [5.74, 6) is -2.21. The highest BCUT2D eigenvalue weighted by Gasteiger charge is 2.39. The second-order valence-corrected chi connectivity index (χ2v) is 7.19. The van der Waals surface area contributed by atoms with Gasteiger partial charge < -0.3 is 10.4 Å². The first kappa shape index (κ1) is 21.6. The summed E-state index contributed by atoms with van der Waals surface area (Å²) < 4.78 is 29.2. The number of hydrogen-bond donors (Lipinski definition) is 2. The molecule has 0 bridgehead atoms. The average Bonchev–Trinajstić information content (AvgIpc) is 3.20. The van der Waals surface area contributed by atoms with Crippen molar-refractivity contribution in [3.05, 3.63) is 89.0 Å². The molecule has 2 atom stereocenters. The van der Waals surface area contributed by atoms with Crippen LogP contribution in [0.3, 0.4) is 0 Å². The van der Waals surface area contributed by atoms with Gasteiger partial charge in [0, 0.05) is 22.7 Å². The molecule has 0 saturated carbocycles. The Bertz CT molecular complexity index is 1040. The third kappa shape index (κ3) is 5.08. The lowest BCUT2D eigenvalue weighted by molar-refractivity contribution is -0.120. The Balaban J connectivity index is 1.83. The number of aromatic nitrogens is 3. The van der Waals surface area contributed by atoms with E-state index in [1.807, 2.05) is 0 Å². The smallest absolute Gasteiger partial charge is 0.244 e. The summed E-state index contributed by atoms with van der Waals surface area (Å²) in [7, 11) is 0. The lowest BCUT2D eigenvalue weighted by Crippen LogP contribution is -2.51. The standard InChI is InChI=1S/C21H19ClF2N4O2/c1-14(27-20(29)9-4-15-2-5-16(22)6-3-15)21(30,11-28-13-25-12-26-28)18-8-7-17(23)10-19(18)24/h2-10,12-14,30H,11H2,1H3,(H,27,29). The van der Waals surface area contributed by atoms with E-state index in [4.69, 9.17) is 11.6 Å². The largest absolute Gasteiger partial charge is 0.381 e. The van der Waals surface area contributed by atoms with Gasteiger partial charge >= 0.3 is 0 Å². The van der Waals surface area contributed by atoms with Gasteiger partial charge in [0.05, 0.1) is 12.6 Å². The minimum absolute atomic E-state index is 0.172. The van der Waals surface area contributed by atoms with Crippen molar-refractivity contribution < 1.29 is 18.7 Å². The number of halogens is 3. The van der Waals surface area contributed by atoms with E-state index in [-0.39, 0.29) is 12.1 Å². The molecule has 0 saturated heterocycles. The van der Waals surface area contributed by atoms with Gasteiger partial charge in [0.2, 0.25) is 5.91 Å². The van der Waals surface area contributed by atoms with Gasteiger partial charge in [-0.1, -0.05) is 29.8 Å². The first-order valence-corrected chi connectivity index (χ1v) is 9.40. The molecular weight excluding hydrogens is 414 g/mol.